The van der Waals surface area contributed by atoms with E-state index in [1.165, 1.54) is 17.0 Å². The Bertz CT molecular complexity index is 853. The van der Waals surface area contributed by atoms with Crippen molar-refractivity contribution in [3.63, 3.8) is 0 Å². The third kappa shape index (κ3) is 3.97. The summed E-state index contributed by atoms with van der Waals surface area (Å²) in [5.41, 5.74) is 0.693. The molecule has 2 rings (SSSR count). The third-order valence-electron chi connectivity index (χ3n) is 3.73. The molecule has 0 atom stereocenters. The smallest absolute Gasteiger partial charge is 0.331 e. The fourth-order valence-electron chi connectivity index (χ4n) is 2.48. The fourth-order valence-corrected chi connectivity index (χ4v) is 2.91. The minimum atomic E-state index is -4.56. The zero-order valence-corrected chi connectivity index (χ0v) is 14.4. The lowest BCUT2D eigenvalue weighted by molar-refractivity contribution is -0.137. The van der Waals surface area contributed by atoms with Crippen LogP contribution in [0.15, 0.2) is 36.4 Å². The number of alkyl halides is 3. The molecule has 0 bridgehead atoms. The monoisotopic (exact) mass is 365 g/mol. The zero-order valence-electron chi connectivity index (χ0n) is 13.6. The van der Waals surface area contributed by atoms with Crippen LogP contribution in [0.5, 0.6) is 0 Å². The highest BCUT2D eigenvalue weighted by molar-refractivity contribution is 6.34. The second kappa shape index (κ2) is 7.20. The highest BCUT2D eigenvalue weighted by Gasteiger charge is 2.34. The van der Waals surface area contributed by atoms with Crippen LogP contribution >= 0.6 is 11.6 Å². The average molecular weight is 366 g/mol. The number of amides is 1. The molecule has 6 heteroatoms. The number of carbonyl (C=O) groups is 1. The van der Waals surface area contributed by atoms with Crippen LogP contribution in [0, 0.1) is 19.3 Å². The predicted molar refractivity (Wildman–Crippen MR) is 92.4 cm³/mol. The molecule has 0 saturated carbocycles. The molecule has 0 spiro atoms. The molecule has 2 aromatic rings. The first-order valence-electron chi connectivity index (χ1n) is 7.32. The number of aryl methyl sites for hydroxylation is 1. The van der Waals surface area contributed by atoms with Gasteiger partial charge in [-0.25, -0.2) is 0 Å². The molecule has 0 radical (unpaired) electrons. The first-order valence-corrected chi connectivity index (χ1v) is 7.70. The summed E-state index contributed by atoms with van der Waals surface area (Å²) in [6.45, 7) is 1.80. The second-order valence-corrected chi connectivity index (χ2v) is 5.94. The minimum Gasteiger partial charge on any atom is -0.331 e. The molecule has 25 heavy (non-hydrogen) atoms. The van der Waals surface area contributed by atoms with Gasteiger partial charge in [0.25, 0.3) is 5.91 Å². The van der Waals surface area contributed by atoms with Crippen LogP contribution in [-0.2, 0) is 6.18 Å². The van der Waals surface area contributed by atoms with Gasteiger partial charge in [-0.1, -0.05) is 35.7 Å². The molecule has 2 aromatic carbocycles. The highest BCUT2D eigenvalue weighted by atomic mass is 35.5. The van der Waals surface area contributed by atoms with Gasteiger partial charge in [-0.15, -0.1) is 6.42 Å². The van der Waals surface area contributed by atoms with E-state index in [1.54, 1.807) is 32.2 Å². The van der Waals surface area contributed by atoms with Crippen LogP contribution < -0.4 is 0 Å². The number of rotatable bonds is 3. The van der Waals surface area contributed by atoms with Gasteiger partial charge < -0.3 is 4.90 Å². The Hall–Kier alpha value is -2.45. The van der Waals surface area contributed by atoms with Gasteiger partial charge in [-0.3, -0.25) is 4.79 Å². The van der Waals surface area contributed by atoms with Crippen molar-refractivity contribution >= 4 is 17.5 Å². The number of carbonyl (C=O) groups excluding carboxylic acids is 1. The third-order valence-corrected chi connectivity index (χ3v) is 4.12. The van der Waals surface area contributed by atoms with Crippen molar-refractivity contribution in [3.8, 4) is 23.5 Å². The first kappa shape index (κ1) is 18.9. The molecule has 0 unspecified atom stereocenters. The van der Waals surface area contributed by atoms with Gasteiger partial charge in [-0.2, -0.15) is 13.2 Å². The van der Waals surface area contributed by atoms with E-state index in [2.05, 4.69) is 5.92 Å². The molecule has 2 nitrogen and oxygen atoms in total. The number of nitrogens with zero attached hydrogens (tertiary/aromatic N) is 1. The van der Waals surface area contributed by atoms with Crippen LogP contribution in [0.2, 0.25) is 5.02 Å². The number of hydrogen-bond acceptors (Lipinski definition) is 1. The van der Waals surface area contributed by atoms with Crippen LogP contribution in [0.25, 0.3) is 11.1 Å². The maximum absolute atomic E-state index is 13.1. The van der Waals surface area contributed by atoms with E-state index in [1.807, 2.05) is 0 Å². The number of hydrogen-bond donors (Lipinski definition) is 0. The van der Waals surface area contributed by atoms with Gasteiger partial charge in [0.05, 0.1) is 17.1 Å². The summed E-state index contributed by atoms with van der Waals surface area (Å²) in [6.07, 6.45) is 0.640. The van der Waals surface area contributed by atoms with Crippen molar-refractivity contribution in [2.24, 2.45) is 0 Å². The Morgan fingerprint density at radius 2 is 1.96 bits per heavy atom. The summed E-state index contributed by atoms with van der Waals surface area (Å²) >= 11 is 6.04. The Morgan fingerprint density at radius 1 is 1.28 bits per heavy atom. The summed E-state index contributed by atoms with van der Waals surface area (Å²) in [6, 6.07) is 8.63. The molecule has 0 saturated heterocycles. The summed E-state index contributed by atoms with van der Waals surface area (Å²) < 4.78 is 39.3. The molecule has 1 amide bonds. The van der Waals surface area contributed by atoms with E-state index in [9.17, 15) is 18.0 Å². The summed E-state index contributed by atoms with van der Waals surface area (Å²) in [4.78, 5) is 13.7. The maximum Gasteiger partial charge on any atom is 0.417 e. The molecule has 0 aliphatic rings. The quantitative estimate of drug-likeness (QED) is 0.698. The molecular formula is C19H15ClF3NO. The second-order valence-electron chi connectivity index (χ2n) is 5.56. The lowest BCUT2D eigenvalue weighted by Crippen LogP contribution is -2.26. The Morgan fingerprint density at radius 3 is 2.56 bits per heavy atom. The Balaban J connectivity index is 2.56. The number of halogens is 4. The van der Waals surface area contributed by atoms with Gasteiger partial charge in [0.1, 0.15) is 0 Å². The normalized spacial score (nSPS) is 11.1. The lowest BCUT2D eigenvalue weighted by atomic mass is 9.96. The molecule has 130 valence electrons. The molecular weight excluding hydrogens is 351 g/mol. The van der Waals surface area contributed by atoms with Crippen LogP contribution in [0.3, 0.4) is 0 Å². The van der Waals surface area contributed by atoms with Crippen molar-refractivity contribution < 1.29 is 18.0 Å². The largest absolute Gasteiger partial charge is 0.417 e. The van der Waals surface area contributed by atoms with Gasteiger partial charge in [-0.05, 0) is 36.2 Å². The van der Waals surface area contributed by atoms with E-state index in [-0.39, 0.29) is 23.0 Å². The minimum absolute atomic E-state index is 0.131. The fraction of sp³-hybridized carbons (Fsp3) is 0.211. The highest BCUT2D eigenvalue weighted by Crippen LogP contribution is 2.41. The summed E-state index contributed by atoms with van der Waals surface area (Å²) in [5, 5.41) is -0.380. The van der Waals surface area contributed by atoms with Crippen molar-refractivity contribution in [1.29, 1.82) is 0 Å². The summed E-state index contributed by atoms with van der Waals surface area (Å²) in [5.74, 6) is 2.05. The average Bonchev–Trinajstić information content (AvgIpc) is 2.53. The maximum atomic E-state index is 13.1. The molecule has 0 aliphatic heterocycles. The van der Waals surface area contributed by atoms with Crippen molar-refractivity contribution in [1.82, 2.24) is 4.90 Å². The molecule has 0 N–H and O–H groups in total. The van der Waals surface area contributed by atoms with Gasteiger partial charge >= 0.3 is 6.18 Å². The van der Waals surface area contributed by atoms with E-state index < -0.39 is 11.7 Å². The number of benzene rings is 2. The SMILES string of the molecule is C#CCN(C)C(=O)c1cccc(-c2c(C)ccc(C(F)(F)F)c2Cl)c1. The van der Waals surface area contributed by atoms with E-state index in [0.29, 0.717) is 16.7 Å². The van der Waals surface area contributed by atoms with Crippen LogP contribution in [0.1, 0.15) is 21.5 Å². The topological polar surface area (TPSA) is 20.3 Å². The van der Waals surface area contributed by atoms with Gasteiger partial charge in [0.2, 0.25) is 0 Å². The van der Waals surface area contributed by atoms with E-state index in [4.69, 9.17) is 18.0 Å². The van der Waals surface area contributed by atoms with Crippen LogP contribution in [0.4, 0.5) is 13.2 Å². The summed E-state index contributed by atoms with van der Waals surface area (Å²) in [7, 11) is 1.55. The van der Waals surface area contributed by atoms with Crippen molar-refractivity contribution in [3.05, 3.63) is 58.1 Å². The Kier molecular flexibility index (Phi) is 5.44. The molecule has 0 heterocycles. The first-order chi connectivity index (χ1) is 11.7. The lowest BCUT2D eigenvalue weighted by Gasteiger charge is -2.17. The molecule has 0 aromatic heterocycles. The van der Waals surface area contributed by atoms with Gasteiger partial charge in [0.15, 0.2) is 0 Å². The van der Waals surface area contributed by atoms with E-state index >= 15 is 0 Å². The molecule has 0 fully saturated rings. The van der Waals surface area contributed by atoms with Crippen molar-refractivity contribution in [2.45, 2.75) is 13.1 Å². The number of terminal acetylenes is 1. The van der Waals surface area contributed by atoms with E-state index in [0.717, 1.165) is 6.07 Å². The zero-order chi connectivity index (χ0) is 18.8. The van der Waals surface area contributed by atoms with Crippen molar-refractivity contribution in [2.75, 3.05) is 13.6 Å². The Labute approximate surface area is 149 Å². The standard InChI is InChI=1S/C19H15ClF3NO/c1-4-10-24(3)18(25)14-7-5-6-13(11-14)16-12(2)8-9-15(17(16)20)19(21,22)23/h1,5-9,11H,10H2,2-3H3. The van der Waals surface area contributed by atoms with Crippen LogP contribution in [-0.4, -0.2) is 24.4 Å². The molecule has 0 aliphatic carbocycles. The predicted octanol–water partition coefficient (Wildman–Crippen LogP) is 5.04. The van der Waals surface area contributed by atoms with Gasteiger partial charge in [0, 0.05) is 18.2 Å².